The van der Waals surface area contributed by atoms with Gasteiger partial charge in [0.1, 0.15) is 18.1 Å². The minimum Gasteiger partial charge on any atom is -0.507 e. The van der Waals surface area contributed by atoms with Gasteiger partial charge in [0, 0.05) is 30.3 Å². The Morgan fingerprint density at radius 1 is 0.636 bits per heavy atom. The second-order valence-corrected chi connectivity index (χ2v) is 14.9. The van der Waals surface area contributed by atoms with E-state index in [1.807, 2.05) is 38.1 Å². The van der Waals surface area contributed by atoms with Crippen LogP contribution in [-0.4, -0.2) is 58.6 Å². The number of nitrogens with one attached hydrogen (secondary N) is 1. The van der Waals surface area contributed by atoms with Crippen LogP contribution in [0.4, 0.5) is 4.79 Å². The number of aromatic hydroxyl groups is 1. The molecule has 0 bridgehead atoms. The van der Waals surface area contributed by atoms with Crippen LogP contribution in [0.1, 0.15) is 120 Å². The lowest BCUT2D eigenvalue weighted by molar-refractivity contribution is -0.00256. The molecular weight excluding hydrogens is 689 g/mol. The molecule has 4 rings (SSSR count). The molecule has 0 aliphatic heterocycles. The average molecular weight is 753 g/mol. The standard InChI is InChI=1S/C46H64N4O5/c1-7-9-11-12-13-14-15-16-17-18-19-27-53-31-38(55-46(52)47-26-10-8-2)32-54-37-22-25-41(42(51)30-37)45-49-43(39-23-20-33(3)28-35(39)5)48-44(50-45)40-24-21-34(4)29-36(40)6/h20-25,28-30,38,51H,7-19,26-27,31-32H2,1-6H3,(H,47,52). The molecule has 0 spiro atoms. The van der Waals surface area contributed by atoms with Gasteiger partial charge in [-0.25, -0.2) is 19.7 Å². The lowest BCUT2D eigenvalue weighted by atomic mass is 10.0. The molecule has 1 unspecified atom stereocenters. The topological polar surface area (TPSA) is 116 Å². The van der Waals surface area contributed by atoms with E-state index in [0.717, 1.165) is 59.1 Å². The minimum atomic E-state index is -0.625. The van der Waals surface area contributed by atoms with Crippen LogP contribution in [0.5, 0.6) is 11.5 Å². The monoisotopic (exact) mass is 752 g/mol. The summed E-state index contributed by atoms with van der Waals surface area (Å²) in [7, 11) is 0. The SMILES string of the molecule is CCCCCCCCCCCCCOCC(COc1ccc(-c2nc(-c3ccc(C)cc3C)nc(-c3ccc(C)cc3C)n2)c(O)c1)OC(=O)NCCCC. The van der Waals surface area contributed by atoms with E-state index in [2.05, 4.69) is 45.1 Å². The number of rotatable bonds is 24. The smallest absolute Gasteiger partial charge is 0.407 e. The van der Waals surface area contributed by atoms with Gasteiger partial charge in [-0.2, -0.15) is 0 Å². The predicted molar refractivity (Wildman–Crippen MR) is 223 cm³/mol. The van der Waals surface area contributed by atoms with E-state index in [4.69, 9.17) is 29.2 Å². The number of amides is 1. The summed E-state index contributed by atoms with van der Waals surface area (Å²) in [5.74, 6) is 1.80. The van der Waals surface area contributed by atoms with Gasteiger partial charge in [0.2, 0.25) is 0 Å². The fourth-order valence-corrected chi connectivity index (χ4v) is 6.61. The van der Waals surface area contributed by atoms with Gasteiger partial charge in [-0.15, -0.1) is 0 Å². The van der Waals surface area contributed by atoms with Crippen molar-refractivity contribution in [2.75, 3.05) is 26.4 Å². The zero-order chi connectivity index (χ0) is 39.4. The molecule has 1 amide bonds. The molecule has 3 aromatic carbocycles. The van der Waals surface area contributed by atoms with E-state index in [1.54, 1.807) is 12.1 Å². The summed E-state index contributed by atoms with van der Waals surface area (Å²) < 4.78 is 17.7. The quantitative estimate of drug-likeness (QED) is 0.0680. The Balaban J connectivity index is 1.41. The lowest BCUT2D eigenvalue weighted by Crippen LogP contribution is -2.35. The van der Waals surface area contributed by atoms with Gasteiger partial charge in [-0.1, -0.05) is 132 Å². The van der Waals surface area contributed by atoms with Crippen molar-refractivity contribution in [3.05, 3.63) is 76.9 Å². The summed E-state index contributed by atoms with van der Waals surface area (Å²) >= 11 is 0. The third-order valence-electron chi connectivity index (χ3n) is 9.80. The Labute approximate surface area is 329 Å². The van der Waals surface area contributed by atoms with Gasteiger partial charge in [0.25, 0.3) is 0 Å². The molecule has 0 saturated heterocycles. The first-order valence-corrected chi connectivity index (χ1v) is 20.6. The summed E-state index contributed by atoms with van der Waals surface area (Å²) in [6.07, 6.45) is 14.7. The molecular formula is C46H64N4O5. The minimum absolute atomic E-state index is 0.0376. The zero-order valence-electron chi connectivity index (χ0n) is 34.2. The number of benzene rings is 3. The number of aromatic nitrogens is 3. The van der Waals surface area contributed by atoms with Gasteiger partial charge in [-0.3, -0.25) is 0 Å². The molecule has 1 heterocycles. The third-order valence-corrected chi connectivity index (χ3v) is 9.80. The molecule has 298 valence electrons. The molecule has 0 saturated carbocycles. The van der Waals surface area contributed by atoms with Crippen LogP contribution >= 0.6 is 0 Å². The van der Waals surface area contributed by atoms with E-state index in [1.165, 1.54) is 63.9 Å². The van der Waals surface area contributed by atoms with Crippen LogP contribution in [0.25, 0.3) is 34.2 Å². The summed E-state index contributed by atoms with van der Waals surface area (Å²) in [4.78, 5) is 27.2. The van der Waals surface area contributed by atoms with Crippen molar-refractivity contribution in [3.8, 4) is 45.7 Å². The molecule has 55 heavy (non-hydrogen) atoms. The number of hydrogen-bond acceptors (Lipinski definition) is 8. The van der Waals surface area contributed by atoms with Gasteiger partial charge in [-0.05, 0) is 63.8 Å². The second-order valence-electron chi connectivity index (χ2n) is 14.9. The van der Waals surface area contributed by atoms with E-state index in [0.29, 0.717) is 41.9 Å². The predicted octanol–water partition coefficient (Wildman–Crippen LogP) is 11.4. The van der Waals surface area contributed by atoms with Gasteiger partial charge >= 0.3 is 6.09 Å². The molecule has 4 aromatic rings. The number of carbonyl (C=O) groups excluding carboxylic acids is 1. The van der Waals surface area contributed by atoms with Gasteiger partial charge in [0.05, 0.1) is 12.2 Å². The molecule has 0 aliphatic carbocycles. The maximum Gasteiger partial charge on any atom is 0.407 e. The normalized spacial score (nSPS) is 11.7. The Morgan fingerprint density at radius 3 is 1.67 bits per heavy atom. The summed E-state index contributed by atoms with van der Waals surface area (Å²) in [5, 5.41) is 14.1. The molecule has 0 aliphatic rings. The van der Waals surface area contributed by atoms with Crippen LogP contribution in [0.15, 0.2) is 54.6 Å². The number of phenolic OH excluding ortho intramolecular Hbond substituents is 1. The highest BCUT2D eigenvalue weighted by atomic mass is 16.6. The fraction of sp³-hybridized carbons (Fsp3) is 0.522. The van der Waals surface area contributed by atoms with E-state index in [-0.39, 0.29) is 19.0 Å². The first-order valence-electron chi connectivity index (χ1n) is 20.6. The number of alkyl carbamates (subject to hydrolysis) is 1. The molecule has 0 radical (unpaired) electrons. The van der Waals surface area contributed by atoms with Crippen LogP contribution in [-0.2, 0) is 9.47 Å². The highest BCUT2D eigenvalue weighted by Crippen LogP contribution is 2.34. The Bertz CT molecular complexity index is 1710. The summed E-state index contributed by atoms with van der Waals surface area (Å²) in [5.41, 5.74) is 6.65. The maximum atomic E-state index is 12.6. The largest absolute Gasteiger partial charge is 0.507 e. The lowest BCUT2D eigenvalue weighted by Gasteiger charge is -2.19. The fourth-order valence-electron chi connectivity index (χ4n) is 6.61. The van der Waals surface area contributed by atoms with Crippen molar-refractivity contribution in [3.63, 3.8) is 0 Å². The van der Waals surface area contributed by atoms with E-state index >= 15 is 0 Å². The van der Waals surface area contributed by atoms with Crippen LogP contribution in [0, 0.1) is 27.7 Å². The van der Waals surface area contributed by atoms with E-state index in [9.17, 15) is 9.90 Å². The number of phenols is 1. The number of ether oxygens (including phenoxy) is 3. The van der Waals surface area contributed by atoms with Gasteiger partial charge in [0.15, 0.2) is 23.6 Å². The van der Waals surface area contributed by atoms with Crippen molar-refractivity contribution in [2.45, 2.75) is 131 Å². The first-order chi connectivity index (χ1) is 26.7. The van der Waals surface area contributed by atoms with E-state index < -0.39 is 12.2 Å². The zero-order valence-corrected chi connectivity index (χ0v) is 34.2. The molecule has 1 aromatic heterocycles. The second kappa shape index (κ2) is 23.4. The average Bonchev–Trinajstić information content (AvgIpc) is 3.15. The van der Waals surface area contributed by atoms with Crippen molar-refractivity contribution in [2.24, 2.45) is 0 Å². The van der Waals surface area contributed by atoms with Crippen molar-refractivity contribution in [1.29, 1.82) is 0 Å². The third kappa shape index (κ3) is 14.6. The summed E-state index contributed by atoms with van der Waals surface area (Å²) in [6, 6.07) is 17.4. The maximum absolute atomic E-state index is 12.6. The Kier molecular flexibility index (Phi) is 18.4. The number of unbranched alkanes of at least 4 members (excludes halogenated alkanes) is 11. The summed E-state index contributed by atoms with van der Waals surface area (Å²) in [6.45, 7) is 14.0. The highest BCUT2D eigenvalue weighted by molar-refractivity contribution is 5.72. The Hall–Kier alpha value is -4.50. The highest BCUT2D eigenvalue weighted by Gasteiger charge is 2.19. The molecule has 2 N–H and O–H groups in total. The number of hydrogen-bond donors (Lipinski definition) is 2. The number of aryl methyl sites for hydroxylation is 4. The Morgan fingerprint density at radius 2 is 1.15 bits per heavy atom. The number of carbonyl (C=O) groups is 1. The van der Waals surface area contributed by atoms with Crippen molar-refractivity contribution >= 4 is 6.09 Å². The van der Waals surface area contributed by atoms with Crippen LogP contribution in [0.3, 0.4) is 0 Å². The molecule has 0 fully saturated rings. The van der Waals surface area contributed by atoms with Gasteiger partial charge < -0.3 is 24.6 Å². The van der Waals surface area contributed by atoms with Crippen LogP contribution < -0.4 is 10.1 Å². The molecule has 9 nitrogen and oxygen atoms in total. The van der Waals surface area contributed by atoms with Crippen molar-refractivity contribution in [1.82, 2.24) is 20.3 Å². The molecule has 9 heteroatoms. The number of nitrogens with zero attached hydrogens (tertiary/aromatic N) is 3. The van der Waals surface area contributed by atoms with Crippen molar-refractivity contribution < 1.29 is 24.1 Å². The molecule has 1 atom stereocenters. The van der Waals surface area contributed by atoms with Crippen LogP contribution in [0.2, 0.25) is 0 Å². The first kappa shape index (κ1) is 43.2.